The number of carbonyl (C=O) groups excluding carboxylic acids is 2. The molecule has 0 radical (unpaired) electrons. The topological polar surface area (TPSA) is 56.3 Å². The van der Waals surface area contributed by atoms with Crippen LogP contribution < -0.4 is 0 Å². The van der Waals surface area contributed by atoms with Crippen molar-refractivity contribution in [2.24, 2.45) is 0 Å². The van der Waals surface area contributed by atoms with E-state index in [1.807, 2.05) is 0 Å². The van der Waals surface area contributed by atoms with E-state index < -0.39 is 17.3 Å². The van der Waals surface area contributed by atoms with Gasteiger partial charge in [0.2, 0.25) is 0 Å². The molecule has 2 unspecified atom stereocenters. The molecule has 4 nitrogen and oxygen atoms in total. The highest BCUT2D eigenvalue weighted by Gasteiger charge is 2.34. The van der Waals surface area contributed by atoms with Crippen LogP contribution in [-0.2, 0) is 14.3 Å². The van der Waals surface area contributed by atoms with Gasteiger partial charge in [-0.25, -0.2) is 4.98 Å². The fraction of sp³-hybridized carbons (Fsp3) is 0.545. The number of Topliss-reactive ketones (excluding diaryl/α,β-unsaturated/α-hetero) is 1. The third-order valence-corrected chi connectivity index (χ3v) is 3.33. The summed E-state index contributed by atoms with van der Waals surface area (Å²) in [6, 6.07) is 0. The number of hydrogen-bond acceptors (Lipinski definition) is 5. The third-order valence-electron chi connectivity index (χ3n) is 2.08. The largest absolute Gasteiger partial charge is 0.465 e. The number of halogens is 1. The number of esters is 1. The van der Waals surface area contributed by atoms with E-state index in [1.165, 1.54) is 18.3 Å². The number of alkyl halides is 1. The van der Waals surface area contributed by atoms with Gasteiger partial charge in [-0.3, -0.25) is 9.59 Å². The molecule has 0 aliphatic carbocycles. The molecule has 0 fully saturated rings. The van der Waals surface area contributed by atoms with Gasteiger partial charge in [0.05, 0.1) is 12.0 Å². The smallest absolute Gasteiger partial charge is 0.323 e. The molecule has 17 heavy (non-hydrogen) atoms. The Labute approximate surface area is 109 Å². The van der Waals surface area contributed by atoms with E-state index in [2.05, 4.69) is 4.98 Å². The molecule has 0 amide bonds. The summed E-state index contributed by atoms with van der Waals surface area (Å²) in [7, 11) is 0. The van der Waals surface area contributed by atoms with E-state index in [9.17, 15) is 9.59 Å². The molecular weight excluding hydrogens is 262 g/mol. The number of ether oxygens (including phenoxy) is 1. The van der Waals surface area contributed by atoms with E-state index >= 15 is 0 Å². The van der Waals surface area contributed by atoms with Gasteiger partial charge in [-0.1, -0.05) is 0 Å². The first-order valence-electron chi connectivity index (χ1n) is 5.23. The summed E-state index contributed by atoms with van der Waals surface area (Å²) in [5, 5.41) is 1.49. The fourth-order valence-electron chi connectivity index (χ4n) is 1.30. The molecule has 0 spiro atoms. The number of thiazole rings is 1. The lowest BCUT2D eigenvalue weighted by molar-refractivity contribution is -0.147. The molecule has 2 atom stereocenters. The first-order chi connectivity index (χ1) is 7.97. The zero-order valence-electron chi connectivity index (χ0n) is 9.90. The summed E-state index contributed by atoms with van der Waals surface area (Å²) in [4.78, 5) is 27.8. The van der Waals surface area contributed by atoms with Crippen LogP contribution in [0.2, 0.25) is 0 Å². The highest BCUT2D eigenvalue weighted by molar-refractivity contribution is 7.10. The summed E-state index contributed by atoms with van der Waals surface area (Å²) < 4.78 is 4.89. The van der Waals surface area contributed by atoms with Crippen LogP contribution in [0.15, 0.2) is 5.38 Å². The van der Waals surface area contributed by atoms with Crippen LogP contribution in [0.3, 0.4) is 0 Å². The Morgan fingerprint density at radius 2 is 2.24 bits per heavy atom. The van der Waals surface area contributed by atoms with Crippen LogP contribution in [0, 0.1) is 6.92 Å². The van der Waals surface area contributed by atoms with E-state index in [-0.39, 0.29) is 12.4 Å². The number of rotatable bonds is 5. The second kappa shape index (κ2) is 6.12. The maximum atomic E-state index is 11.9. The van der Waals surface area contributed by atoms with Gasteiger partial charge in [-0.05, 0) is 20.8 Å². The number of hydrogen-bond donors (Lipinski definition) is 0. The fourth-order valence-corrected chi connectivity index (χ4v) is 2.31. The number of ketones is 1. The quantitative estimate of drug-likeness (QED) is 0.470. The van der Waals surface area contributed by atoms with Gasteiger partial charge in [0.15, 0.2) is 11.7 Å². The predicted molar refractivity (Wildman–Crippen MR) is 66.5 cm³/mol. The maximum Gasteiger partial charge on any atom is 0.323 e. The van der Waals surface area contributed by atoms with Crippen molar-refractivity contribution < 1.29 is 14.3 Å². The van der Waals surface area contributed by atoms with Crippen LogP contribution in [0.5, 0.6) is 0 Å². The molecule has 0 aliphatic heterocycles. The van der Waals surface area contributed by atoms with E-state index in [0.717, 1.165) is 5.69 Å². The van der Waals surface area contributed by atoms with Crippen LogP contribution in [0.1, 0.15) is 30.5 Å². The standard InChI is InChI=1S/C11H14ClNO3S/c1-4-16-11(15)8(9(14)7(3)12)10-13-6(2)5-17-10/h5,7-8H,4H2,1-3H3. The lowest BCUT2D eigenvalue weighted by atomic mass is 10.0. The van der Waals surface area contributed by atoms with Gasteiger partial charge in [0.25, 0.3) is 0 Å². The SMILES string of the molecule is CCOC(=O)C(C(=O)C(C)Cl)c1nc(C)cs1. The van der Waals surface area contributed by atoms with Crippen molar-refractivity contribution in [2.75, 3.05) is 6.61 Å². The molecular formula is C11H14ClNO3S. The van der Waals surface area contributed by atoms with Crippen molar-refractivity contribution in [1.82, 2.24) is 4.98 Å². The van der Waals surface area contributed by atoms with Crippen molar-refractivity contribution in [1.29, 1.82) is 0 Å². The van der Waals surface area contributed by atoms with Crippen LogP contribution >= 0.6 is 22.9 Å². The average molecular weight is 276 g/mol. The Bertz CT molecular complexity index is 417. The Balaban J connectivity index is 3.02. The van der Waals surface area contributed by atoms with E-state index in [0.29, 0.717) is 5.01 Å². The molecule has 1 heterocycles. The first-order valence-corrected chi connectivity index (χ1v) is 6.55. The van der Waals surface area contributed by atoms with Crippen molar-refractivity contribution in [3.63, 3.8) is 0 Å². The van der Waals surface area contributed by atoms with Crippen molar-refractivity contribution in [3.05, 3.63) is 16.1 Å². The summed E-state index contributed by atoms with van der Waals surface area (Å²) in [5.41, 5.74) is 0.773. The minimum Gasteiger partial charge on any atom is -0.465 e. The molecule has 0 aliphatic rings. The van der Waals surface area contributed by atoms with Gasteiger partial charge in [-0.15, -0.1) is 22.9 Å². The Morgan fingerprint density at radius 1 is 1.59 bits per heavy atom. The van der Waals surface area contributed by atoms with Gasteiger partial charge in [-0.2, -0.15) is 0 Å². The van der Waals surface area contributed by atoms with Crippen molar-refractivity contribution >= 4 is 34.7 Å². The molecule has 1 rings (SSSR count). The summed E-state index contributed by atoms with van der Waals surface area (Å²) in [6.07, 6.45) is 0. The van der Waals surface area contributed by atoms with Crippen molar-refractivity contribution in [2.45, 2.75) is 32.1 Å². The second-order valence-corrected chi connectivity index (χ2v) is 5.07. The van der Waals surface area contributed by atoms with E-state index in [1.54, 1.807) is 19.2 Å². The van der Waals surface area contributed by atoms with Gasteiger partial charge >= 0.3 is 5.97 Å². The molecule has 0 aromatic carbocycles. The summed E-state index contributed by atoms with van der Waals surface area (Å²) in [6.45, 7) is 5.26. The maximum absolute atomic E-state index is 11.9. The normalized spacial score (nSPS) is 14.1. The molecule has 0 saturated carbocycles. The van der Waals surface area contributed by atoms with Gasteiger partial charge in [0, 0.05) is 11.1 Å². The van der Waals surface area contributed by atoms with Gasteiger partial charge in [0.1, 0.15) is 5.01 Å². The first kappa shape index (κ1) is 14.1. The number of aryl methyl sites for hydroxylation is 1. The molecule has 0 bridgehead atoms. The molecule has 0 saturated heterocycles. The Morgan fingerprint density at radius 3 is 2.65 bits per heavy atom. The minimum atomic E-state index is -0.999. The third kappa shape index (κ3) is 3.51. The second-order valence-electron chi connectivity index (χ2n) is 3.53. The Kier molecular flexibility index (Phi) is 5.08. The zero-order chi connectivity index (χ0) is 13.0. The molecule has 1 aromatic rings. The summed E-state index contributed by atoms with van der Waals surface area (Å²) >= 11 is 7.01. The molecule has 0 N–H and O–H groups in total. The van der Waals surface area contributed by atoms with Crippen LogP contribution in [0.4, 0.5) is 0 Å². The minimum absolute atomic E-state index is 0.226. The highest BCUT2D eigenvalue weighted by atomic mass is 35.5. The number of nitrogens with zero attached hydrogens (tertiary/aromatic N) is 1. The average Bonchev–Trinajstić information content (AvgIpc) is 2.65. The highest BCUT2D eigenvalue weighted by Crippen LogP contribution is 2.25. The number of aromatic nitrogens is 1. The Hall–Kier alpha value is -0.940. The van der Waals surface area contributed by atoms with Gasteiger partial charge < -0.3 is 4.74 Å². The van der Waals surface area contributed by atoms with E-state index in [4.69, 9.17) is 16.3 Å². The molecule has 94 valence electrons. The lowest BCUT2D eigenvalue weighted by Crippen LogP contribution is -2.28. The molecule has 1 aromatic heterocycles. The predicted octanol–water partition coefficient (Wildman–Crippen LogP) is 2.29. The monoisotopic (exact) mass is 275 g/mol. The summed E-state index contributed by atoms with van der Waals surface area (Å²) in [5.74, 6) is -1.96. The van der Waals surface area contributed by atoms with Crippen LogP contribution in [-0.4, -0.2) is 28.7 Å². The lowest BCUT2D eigenvalue weighted by Gasteiger charge is -2.13. The van der Waals surface area contributed by atoms with Crippen LogP contribution in [0.25, 0.3) is 0 Å². The zero-order valence-corrected chi connectivity index (χ0v) is 11.5. The number of carbonyl (C=O) groups is 2. The molecule has 6 heteroatoms. The van der Waals surface area contributed by atoms with Crippen molar-refractivity contribution in [3.8, 4) is 0 Å².